The van der Waals surface area contributed by atoms with Crippen LogP contribution in [0.4, 0.5) is 13.2 Å². The van der Waals surface area contributed by atoms with E-state index in [0.29, 0.717) is 30.4 Å². The van der Waals surface area contributed by atoms with Crippen LogP contribution in [0.25, 0.3) is 0 Å². The molecule has 11 heteroatoms. The molecule has 4 heterocycles. The van der Waals surface area contributed by atoms with Gasteiger partial charge in [0.1, 0.15) is 18.0 Å². The van der Waals surface area contributed by atoms with E-state index < -0.39 is 12.1 Å². The molecule has 2 aliphatic rings. The van der Waals surface area contributed by atoms with Gasteiger partial charge in [-0.25, -0.2) is 9.78 Å². The maximum Gasteiger partial charge on any atom is 0.490 e. The third-order valence-electron chi connectivity index (χ3n) is 5.03. The quantitative estimate of drug-likeness (QED) is 0.780. The molecule has 2 saturated heterocycles. The number of likely N-dealkylation sites (tertiary alicyclic amines) is 1. The smallest absolute Gasteiger partial charge is 0.475 e. The number of fused-ring (bicyclic) bond motifs is 1. The largest absolute Gasteiger partial charge is 0.490 e. The van der Waals surface area contributed by atoms with Crippen LogP contribution >= 0.6 is 0 Å². The number of carboxylic acid groups (broad SMARTS) is 1. The predicted molar refractivity (Wildman–Crippen MR) is 99.6 cm³/mol. The number of hydrogen-bond acceptors (Lipinski definition) is 6. The monoisotopic (exact) mass is 442 g/mol. The normalized spacial score (nSPS) is 22.8. The van der Waals surface area contributed by atoms with Gasteiger partial charge in [-0.1, -0.05) is 6.07 Å². The molecule has 31 heavy (non-hydrogen) atoms. The van der Waals surface area contributed by atoms with Crippen LogP contribution in [-0.2, 0) is 9.53 Å². The minimum atomic E-state index is -5.08. The van der Waals surface area contributed by atoms with E-state index in [9.17, 15) is 18.0 Å². The lowest BCUT2D eigenvalue weighted by molar-refractivity contribution is -0.192. The summed E-state index contributed by atoms with van der Waals surface area (Å²) < 4.78 is 48.9. The van der Waals surface area contributed by atoms with E-state index in [1.165, 1.54) is 0 Å². The van der Waals surface area contributed by atoms with Crippen molar-refractivity contribution >= 4 is 11.9 Å². The summed E-state index contributed by atoms with van der Waals surface area (Å²) in [7, 11) is 0. The van der Waals surface area contributed by atoms with Crippen molar-refractivity contribution in [1.29, 1.82) is 0 Å². The lowest BCUT2D eigenvalue weighted by atomic mass is 9.94. The molecule has 2 fully saturated rings. The van der Waals surface area contributed by atoms with Gasteiger partial charge in [0.05, 0.1) is 17.9 Å². The first-order valence-corrected chi connectivity index (χ1v) is 9.53. The van der Waals surface area contributed by atoms with E-state index in [2.05, 4.69) is 4.98 Å². The van der Waals surface area contributed by atoms with Crippen molar-refractivity contribution < 1.29 is 41.8 Å². The zero-order valence-electron chi connectivity index (χ0n) is 16.5. The second-order valence-corrected chi connectivity index (χ2v) is 7.00. The topological polar surface area (TPSA) is 102 Å². The van der Waals surface area contributed by atoms with Gasteiger partial charge < -0.3 is 23.9 Å². The molecule has 4 rings (SSSR count). The van der Waals surface area contributed by atoms with Crippen LogP contribution in [0.15, 0.2) is 41.1 Å². The second-order valence-electron chi connectivity index (χ2n) is 7.00. The Balaban J connectivity index is 0.000000339. The highest BCUT2D eigenvalue weighted by Gasteiger charge is 2.45. The van der Waals surface area contributed by atoms with Crippen molar-refractivity contribution in [3.8, 4) is 5.88 Å². The summed E-state index contributed by atoms with van der Waals surface area (Å²) in [4.78, 5) is 27.9. The number of carboxylic acids is 1. The van der Waals surface area contributed by atoms with Gasteiger partial charge >= 0.3 is 12.1 Å². The Morgan fingerprint density at radius 2 is 2.00 bits per heavy atom. The highest BCUT2D eigenvalue weighted by Crippen LogP contribution is 2.32. The van der Waals surface area contributed by atoms with Gasteiger partial charge in [-0.2, -0.15) is 13.2 Å². The fraction of sp³-hybridized carbons (Fsp3) is 0.450. The lowest BCUT2D eigenvalue weighted by Crippen LogP contribution is -2.56. The maximum absolute atomic E-state index is 12.8. The summed E-state index contributed by atoms with van der Waals surface area (Å²) in [5, 5.41) is 7.12. The van der Waals surface area contributed by atoms with Crippen molar-refractivity contribution in [2.45, 2.75) is 44.2 Å². The fourth-order valence-corrected chi connectivity index (χ4v) is 3.60. The van der Waals surface area contributed by atoms with E-state index in [1.807, 2.05) is 30.0 Å². The number of furan rings is 1. The third-order valence-corrected chi connectivity index (χ3v) is 5.03. The summed E-state index contributed by atoms with van der Waals surface area (Å²) in [6.07, 6.45) is -0.459. The van der Waals surface area contributed by atoms with Crippen molar-refractivity contribution in [2.24, 2.45) is 0 Å². The zero-order valence-corrected chi connectivity index (χ0v) is 16.5. The number of pyridine rings is 1. The number of amides is 1. The highest BCUT2D eigenvalue weighted by atomic mass is 19.4. The molecular weight excluding hydrogens is 421 g/mol. The lowest BCUT2D eigenvalue weighted by Gasteiger charge is -2.40. The number of halogens is 3. The van der Waals surface area contributed by atoms with Crippen molar-refractivity contribution in [2.75, 3.05) is 13.2 Å². The second kappa shape index (κ2) is 9.38. The molecular formula is C20H21F3N2O6. The highest BCUT2D eigenvalue weighted by molar-refractivity contribution is 5.95. The summed E-state index contributed by atoms with van der Waals surface area (Å²) in [5.41, 5.74) is 0.629. The molecule has 1 N–H and O–H groups in total. The molecule has 168 valence electrons. The van der Waals surface area contributed by atoms with E-state index >= 15 is 0 Å². The summed E-state index contributed by atoms with van der Waals surface area (Å²) in [6.45, 7) is 3.10. The molecule has 0 aliphatic carbocycles. The zero-order chi connectivity index (χ0) is 22.6. The van der Waals surface area contributed by atoms with Gasteiger partial charge in [0, 0.05) is 31.8 Å². The average molecular weight is 442 g/mol. The minimum absolute atomic E-state index is 0.0121. The van der Waals surface area contributed by atoms with Gasteiger partial charge in [0.25, 0.3) is 5.91 Å². The Morgan fingerprint density at radius 3 is 2.58 bits per heavy atom. The first kappa shape index (κ1) is 22.6. The SMILES string of the molecule is Cc1occc1C(=O)N1CC[C@@H](Oc2ccccn2)[C@H]2OCC[C@@H]21.O=C(O)C(F)(F)F. The molecule has 1 amide bonds. The van der Waals surface area contributed by atoms with Gasteiger partial charge in [0.15, 0.2) is 0 Å². The molecule has 2 aromatic heterocycles. The number of hydrogen-bond donors (Lipinski definition) is 1. The van der Waals surface area contributed by atoms with Crippen LogP contribution in [-0.4, -0.2) is 64.4 Å². The number of aryl methyl sites for hydroxylation is 1. The maximum atomic E-state index is 12.8. The van der Waals surface area contributed by atoms with Crippen LogP contribution in [0.1, 0.15) is 29.0 Å². The first-order valence-electron chi connectivity index (χ1n) is 9.53. The fourth-order valence-electron chi connectivity index (χ4n) is 3.60. The van der Waals surface area contributed by atoms with Gasteiger partial charge in [-0.3, -0.25) is 4.79 Å². The number of rotatable bonds is 3. The molecule has 0 spiro atoms. The van der Waals surface area contributed by atoms with Crippen molar-refractivity contribution in [3.63, 3.8) is 0 Å². The van der Waals surface area contributed by atoms with E-state index in [-0.39, 0.29) is 24.2 Å². The summed E-state index contributed by atoms with van der Waals surface area (Å²) >= 11 is 0. The molecule has 2 aliphatic heterocycles. The number of nitrogens with zero attached hydrogens (tertiary/aromatic N) is 2. The average Bonchev–Trinajstić information content (AvgIpc) is 3.38. The van der Waals surface area contributed by atoms with Crippen molar-refractivity contribution in [1.82, 2.24) is 9.88 Å². The summed E-state index contributed by atoms with van der Waals surface area (Å²) in [6, 6.07) is 7.37. The van der Waals surface area contributed by atoms with Crippen LogP contribution < -0.4 is 4.74 Å². The number of aromatic nitrogens is 1. The van der Waals surface area contributed by atoms with Crippen LogP contribution in [0.5, 0.6) is 5.88 Å². The molecule has 0 radical (unpaired) electrons. The summed E-state index contributed by atoms with van der Waals surface area (Å²) in [5.74, 6) is -1.49. The number of carbonyl (C=O) groups excluding carboxylic acids is 1. The van der Waals surface area contributed by atoms with E-state index in [0.717, 1.165) is 12.8 Å². The van der Waals surface area contributed by atoms with Crippen LogP contribution in [0, 0.1) is 6.92 Å². The predicted octanol–water partition coefficient (Wildman–Crippen LogP) is 3.07. The molecule has 0 aromatic carbocycles. The molecule has 2 aromatic rings. The van der Waals surface area contributed by atoms with E-state index in [4.69, 9.17) is 23.8 Å². The molecule has 0 unspecified atom stereocenters. The van der Waals surface area contributed by atoms with Gasteiger partial charge in [0.2, 0.25) is 5.88 Å². The first-order chi connectivity index (χ1) is 14.7. The Bertz CT molecular complexity index is 902. The van der Waals surface area contributed by atoms with Gasteiger partial charge in [-0.15, -0.1) is 0 Å². The Kier molecular flexibility index (Phi) is 6.84. The molecule has 0 bridgehead atoms. The van der Waals surface area contributed by atoms with E-state index in [1.54, 1.807) is 18.5 Å². The van der Waals surface area contributed by atoms with Gasteiger partial charge in [-0.05, 0) is 25.5 Å². The Morgan fingerprint density at radius 1 is 1.26 bits per heavy atom. The molecule has 0 saturated carbocycles. The Hall–Kier alpha value is -3.08. The molecule has 8 nitrogen and oxygen atoms in total. The number of aliphatic carboxylic acids is 1. The number of carbonyl (C=O) groups is 2. The molecule has 3 atom stereocenters. The van der Waals surface area contributed by atoms with Crippen molar-refractivity contribution in [3.05, 3.63) is 48.0 Å². The number of alkyl halides is 3. The standard InChI is InChI=1S/C18H20N2O4.C2HF3O2/c1-12-13(6-10-22-12)18(21)20-9-5-15(17-14(20)7-11-23-17)24-16-4-2-3-8-19-16;3-2(4,5)1(6)7/h2-4,6,8,10,14-15,17H,5,7,9,11H2,1H3;(H,6,7)/t14-,15+,17-;/m0./s1. The number of ether oxygens (including phenoxy) is 2. The number of piperidine rings is 1. The Labute approximate surface area is 175 Å². The van der Waals surface area contributed by atoms with Crippen LogP contribution in [0.3, 0.4) is 0 Å². The minimum Gasteiger partial charge on any atom is -0.475 e. The van der Waals surface area contributed by atoms with Crippen LogP contribution in [0.2, 0.25) is 0 Å². The third kappa shape index (κ3) is 5.35.